The molecule has 4 aromatic carbocycles. The van der Waals surface area contributed by atoms with Gasteiger partial charge in [-0.15, -0.1) is 0 Å². The van der Waals surface area contributed by atoms with Gasteiger partial charge in [-0.2, -0.15) is 0 Å². The van der Waals surface area contributed by atoms with Crippen LogP contribution in [0.1, 0.15) is 40.2 Å². The van der Waals surface area contributed by atoms with Gasteiger partial charge < -0.3 is 15.3 Å². The smallest absolute Gasteiger partial charge is 0.115 e. The predicted octanol–water partition coefficient (Wildman–Crippen LogP) is 5.67. The molecule has 1 unspecified atom stereocenters. The lowest BCUT2D eigenvalue weighted by Crippen LogP contribution is -2.26. The molecule has 30 heavy (non-hydrogen) atoms. The SMILES string of the molecule is Oc1ccc(C2(c3ccc(O)cc3)CC(c3ccccc3)c3ccc(O)cc32)cc1. The van der Waals surface area contributed by atoms with Crippen molar-refractivity contribution in [3.8, 4) is 17.2 Å². The molecule has 148 valence electrons. The van der Waals surface area contributed by atoms with Crippen molar-refractivity contribution < 1.29 is 15.3 Å². The fraction of sp³-hybridized carbons (Fsp3) is 0.111. The van der Waals surface area contributed by atoms with Crippen molar-refractivity contribution in [2.45, 2.75) is 17.8 Å². The maximum atomic E-state index is 10.4. The van der Waals surface area contributed by atoms with Crippen LogP contribution in [0, 0.1) is 0 Å². The maximum Gasteiger partial charge on any atom is 0.115 e. The lowest BCUT2D eigenvalue weighted by atomic mass is 9.69. The van der Waals surface area contributed by atoms with Gasteiger partial charge in [0.25, 0.3) is 0 Å². The molecule has 1 atom stereocenters. The van der Waals surface area contributed by atoms with E-state index >= 15 is 0 Å². The third kappa shape index (κ3) is 2.82. The van der Waals surface area contributed by atoms with Gasteiger partial charge in [-0.25, -0.2) is 0 Å². The third-order valence-electron chi connectivity index (χ3n) is 6.30. The summed E-state index contributed by atoms with van der Waals surface area (Å²) in [4.78, 5) is 0. The maximum absolute atomic E-state index is 10.4. The van der Waals surface area contributed by atoms with Crippen LogP contribution >= 0.6 is 0 Å². The summed E-state index contributed by atoms with van der Waals surface area (Å²) >= 11 is 0. The van der Waals surface area contributed by atoms with Crippen molar-refractivity contribution in [2.24, 2.45) is 0 Å². The first-order chi connectivity index (χ1) is 14.6. The van der Waals surface area contributed by atoms with Crippen LogP contribution in [0.5, 0.6) is 17.2 Å². The zero-order chi connectivity index (χ0) is 20.7. The van der Waals surface area contributed by atoms with Crippen LogP contribution < -0.4 is 0 Å². The molecule has 0 radical (unpaired) electrons. The molecule has 0 bridgehead atoms. The van der Waals surface area contributed by atoms with Crippen LogP contribution in [-0.2, 0) is 5.41 Å². The Morgan fingerprint density at radius 3 is 1.70 bits per heavy atom. The Morgan fingerprint density at radius 1 is 0.600 bits per heavy atom. The largest absolute Gasteiger partial charge is 0.508 e. The van der Waals surface area contributed by atoms with Gasteiger partial charge in [0.1, 0.15) is 17.2 Å². The Labute approximate surface area is 175 Å². The van der Waals surface area contributed by atoms with Crippen LogP contribution in [0.25, 0.3) is 0 Å². The van der Waals surface area contributed by atoms with E-state index in [1.54, 1.807) is 30.3 Å². The predicted molar refractivity (Wildman–Crippen MR) is 117 cm³/mol. The third-order valence-corrected chi connectivity index (χ3v) is 6.30. The van der Waals surface area contributed by atoms with E-state index in [0.29, 0.717) is 0 Å². The molecule has 0 saturated heterocycles. The summed E-state index contributed by atoms with van der Waals surface area (Å²) in [6, 6.07) is 30.6. The highest BCUT2D eigenvalue weighted by atomic mass is 16.3. The summed E-state index contributed by atoms with van der Waals surface area (Å²) in [6.45, 7) is 0. The average molecular weight is 394 g/mol. The number of fused-ring (bicyclic) bond motifs is 1. The number of phenolic OH excluding ortho intramolecular Hbond substituents is 3. The van der Waals surface area contributed by atoms with Crippen LogP contribution in [0.15, 0.2) is 97.1 Å². The van der Waals surface area contributed by atoms with E-state index in [-0.39, 0.29) is 23.2 Å². The van der Waals surface area contributed by atoms with Crippen molar-refractivity contribution in [3.63, 3.8) is 0 Å². The minimum atomic E-state index is -0.518. The molecule has 0 amide bonds. The molecule has 3 N–H and O–H groups in total. The Balaban J connectivity index is 1.81. The molecule has 0 heterocycles. The lowest BCUT2D eigenvalue weighted by molar-refractivity contribution is 0.470. The molecule has 0 aliphatic heterocycles. The number of hydrogen-bond donors (Lipinski definition) is 3. The summed E-state index contributed by atoms with van der Waals surface area (Å²) in [6.07, 6.45) is 0.783. The van der Waals surface area contributed by atoms with E-state index in [1.165, 1.54) is 11.1 Å². The molecule has 0 spiro atoms. The molecule has 0 fully saturated rings. The first-order valence-electron chi connectivity index (χ1n) is 10.1. The van der Waals surface area contributed by atoms with E-state index in [9.17, 15) is 15.3 Å². The highest BCUT2D eigenvalue weighted by Crippen LogP contribution is 2.56. The molecule has 1 aliphatic rings. The zero-order valence-corrected chi connectivity index (χ0v) is 16.4. The van der Waals surface area contributed by atoms with Gasteiger partial charge in [-0.3, -0.25) is 0 Å². The first kappa shape index (κ1) is 18.3. The molecule has 1 aliphatic carbocycles. The zero-order valence-electron chi connectivity index (χ0n) is 16.4. The molecular formula is C27H22O3. The summed E-state index contributed by atoms with van der Waals surface area (Å²) in [5, 5.41) is 30.2. The number of benzene rings is 4. The molecule has 5 rings (SSSR count). The van der Waals surface area contributed by atoms with Crippen LogP contribution in [0.4, 0.5) is 0 Å². The molecular weight excluding hydrogens is 372 g/mol. The number of phenols is 3. The Hall–Kier alpha value is -3.72. The summed E-state index contributed by atoms with van der Waals surface area (Å²) < 4.78 is 0. The van der Waals surface area contributed by atoms with Gasteiger partial charge in [0.05, 0.1) is 0 Å². The molecule has 0 aromatic heterocycles. The Morgan fingerprint density at radius 2 is 1.13 bits per heavy atom. The van der Waals surface area contributed by atoms with Gasteiger partial charge in [-0.05, 0) is 70.6 Å². The molecule has 4 aromatic rings. The van der Waals surface area contributed by atoms with E-state index < -0.39 is 5.41 Å². The van der Waals surface area contributed by atoms with Crippen molar-refractivity contribution >= 4 is 0 Å². The summed E-state index contributed by atoms with van der Waals surface area (Å²) in [7, 11) is 0. The van der Waals surface area contributed by atoms with Gasteiger partial charge in [-0.1, -0.05) is 60.7 Å². The van der Waals surface area contributed by atoms with E-state index in [0.717, 1.165) is 23.1 Å². The van der Waals surface area contributed by atoms with Crippen LogP contribution in [0.3, 0.4) is 0 Å². The van der Waals surface area contributed by atoms with Crippen molar-refractivity contribution in [1.82, 2.24) is 0 Å². The quantitative estimate of drug-likeness (QED) is 0.419. The molecule has 3 nitrogen and oxygen atoms in total. The first-order valence-corrected chi connectivity index (χ1v) is 10.1. The molecule has 3 heteroatoms. The number of hydrogen-bond acceptors (Lipinski definition) is 3. The second-order valence-electron chi connectivity index (χ2n) is 7.94. The number of rotatable bonds is 3. The normalized spacial score (nSPS) is 16.9. The van der Waals surface area contributed by atoms with Gasteiger partial charge >= 0.3 is 0 Å². The Bertz CT molecular complexity index is 1130. The topological polar surface area (TPSA) is 60.7 Å². The van der Waals surface area contributed by atoms with Crippen molar-refractivity contribution in [2.75, 3.05) is 0 Å². The van der Waals surface area contributed by atoms with Crippen molar-refractivity contribution in [3.05, 3.63) is 125 Å². The van der Waals surface area contributed by atoms with Gasteiger partial charge in [0.15, 0.2) is 0 Å². The lowest BCUT2D eigenvalue weighted by Gasteiger charge is -2.33. The fourth-order valence-electron chi connectivity index (χ4n) is 4.93. The standard InChI is InChI=1S/C27H22O3/c28-21-10-6-19(7-11-21)27(20-8-12-22(29)13-9-20)17-25(18-4-2-1-3-5-18)24-15-14-23(30)16-26(24)27/h1-16,25,28-30H,17H2. The second-order valence-corrected chi connectivity index (χ2v) is 7.94. The van der Waals surface area contributed by atoms with E-state index in [4.69, 9.17) is 0 Å². The van der Waals surface area contributed by atoms with E-state index in [1.807, 2.05) is 42.5 Å². The summed E-state index contributed by atoms with van der Waals surface area (Å²) in [5.74, 6) is 0.815. The fourth-order valence-corrected chi connectivity index (χ4v) is 4.93. The van der Waals surface area contributed by atoms with Crippen molar-refractivity contribution in [1.29, 1.82) is 0 Å². The monoisotopic (exact) mass is 394 g/mol. The van der Waals surface area contributed by atoms with Crippen LogP contribution in [-0.4, -0.2) is 15.3 Å². The highest BCUT2D eigenvalue weighted by molar-refractivity contribution is 5.62. The van der Waals surface area contributed by atoms with Crippen LogP contribution in [0.2, 0.25) is 0 Å². The number of aromatic hydroxyl groups is 3. The average Bonchev–Trinajstić information content (AvgIpc) is 3.11. The highest BCUT2D eigenvalue weighted by Gasteiger charge is 2.47. The minimum Gasteiger partial charge on any atom is -0.508 e. The van der Waals surface area contributed by atoms with Gasteiger partial charge in [0, 0.05) is 11.3 Å². The van der Waals surface area contributed by atoms with E-state index in [2.05, 4.69) is 24.3 Å². The molecule has 0 saturated carbocycles. The summed E-state index contributed by atoms with van der Waals surface area (Å²) in [5.41, 5.74) is 5.01. The Kier molecular flexibility index (Phi) is 4.25. The second kappa shape index (κ2) is 6.96. The van der Waals surface area contributed by atoms with Gasteiger partial charge in [0.2, 0.25) is 0 Å². The minimum absolute atomic E-state index is 0.157.